The lowest BCUT2D eigenvalue weighted by Crippen LogP contribution is -2.48. The van der Waals surface area contributed by atoms with Crippen molar-refractivity contribution in [2.45, 2.75) is 71.7 Å². The van der Waals surface area contributed by atoms with E-state index in [1.54, 1.807) is 17.2 Å². The summed E-state index contributed by atoms with van der Waals surface area (Å²) in [6, 6.07) is 29.1. The molecule has 0 radical (unpaired) electrons. The fourth-order valence-corrected chi connectivity index (χ4v) is 7.26. The van der Waals surface area contributed by atoms with Crippen molar-refractivity contribution < 1.29 is 23.4 Å². The fourth-order valence-electron chi connectivity index (χ4n) is 7.26. The molecule has 3 aromatic carbocycles. The predicted molar refractivity (Wildman–Crippen MR) is 198 cm³/mol. The van der Waals surface area contributed by atoms with Crippen molar-refractivity contribution >= 4 is 22.6 Å². The van der Waals surface area contributed by atoms with Crippen LogP contribution in [0.25, 0.3) is 27.6 Å². The second-order valence-corrected chi connectivity index (χ2v) is 14.6. The summed E-state index contributed by atoms with van der Waals surface area (Å²) < 4.78 is 35.0. The lowest BCUT2D eigenvalue weighted by Gasteiger charge is -2.46. The fraction of sp³-hybridized carbons (Fsp3) is 0.326. The quantitative estimate of drug-likeness (QED) is 0.162. The third-order valence-electron chi connectivity index (χ3n) is 9.73. The van der Waals surface area contributed by atoms with Crippen LogP contribution in [-0.4, -0.2) is 39.7 Å². The molecule has 1 aliphatic heterocycles. The van der Waals surface area contributed by atoms with Gasteiger partial charge >= 0.3 is 6.09 Å². The van der Waals surface area contributed by atoms with Crippen LogP contribution in [0.2, 0.25) is 0 Å². The van der Waals surface area contributed by atoms with E-state index in [1.807, 2.05) is 112 Å². The van der Waals surface area contributed by atoms with E-state index in [9.17, 15) is 4.79 Å². The van der Waals surface area contributed by atoms with Gasteiger partial charge in [-0.25, -0.2) is 9.18 Å². The first-order chi connectivity index (χ1) is 24.7. The Morgan fingerprint density at radius 3 is 2.20 bits per heavy atom. The normalized spacial score (nSPS) is 15.8. The number of hydrogen-bond donors (Lipinski definition) is 0. The molecule has 2 aromatic heterocycles. The van der Waals surface area contributed by atoms with Gasteiger partial charge in [-0.1, -0.05) is 86.0 Å². The number of fused-ring (bicyclic) bond motifs is 1. The van der Waals surface area contributed by atoms with Crippen LogP contribution in [0, 0.1) is 11.2 Å². The summed E-state index contributed by atoms with van der Waals surface area (Å²) in [6.45, 7) is 7.18. The molecule has 7 rings (SSSR count). The number of nitrogens with zero attached hydrogens (tertiary/aromatic N) is 3. The number of pyridine rings is 2. The van der Waals surface area contributed by atoms with Crippen LogP contribution in [0.4, 0.5) is 9.18 Å². The smallest absolute Gasteiger partial charge is 0.410 e. The SMILES string of the molecule is CC(C)(C)OC(=O)N1CC=C(c2ccc3ncc(-c4ccc(OCc5ccccc5)nc4OCc4ccccc4)cc3c2F)C2(CCCCC2)C1. The minimum atomic E-state index is -0.590. The van der Waals surface area contributed by atoms with Crippen LogP contribution in [-0.2, 0) is 18.0 Å². The Labute approximate surface area is 299 Å². The van der Waals surface area contributed by atoms with Crippen molar-refractivity contribution in [2.24, 2.45) is 5.41 Å². The van der Waals surface area contributed by atoms with E-state index in [0.717, 1.165) is 48.8 Å². The molecule has 8 heteroatoms. The molecule has 0 bridgehead atoms. The van der Waals surface area contributed by atoms with E-state index in [1.165, 1.54) is 0 Å². The van der Waals surface area contributed by atoms with E-state index in [0.29, 0.717) is 65.7 Å². The van der Waals surface area contributed by atoms with Crippen molar-refractivity contribution in [1.82, 2.24) is 14.9 Å². The lowest BCUT2D eigenvalue weighted by atomic mass is 9.65. The summed E-state index contributed by atoms with van der Waals surface area (Å²) in [5, 5.41) is 0.421. The zero-order chi connectivity index (χ0) is 35.4. The molecule has 1 spiro atoms. The molecular formula is C43H44FN3O4. The molecule has 51 heavy (non-hydrogen) atoms. The summed E-state index contributed by atoms with van der Waals surface area (Å²) in [6.07, 6.45) is 8.42. The zero-order valence-corrected chi connectivity index (χ0v) is 29.5. The first-order valence-corrected chi connectivity index (χ1v) is 17.8. The maximum absolute atomic E-state index is 16.9. The van der Waals surface area contributed by atoms with Gasteiger partial charge in [0.2, 0.25) is 11.8 Å². The van der Waals surface area contributed by atoms with Gasteiger partial charge in [-0.15, -0.1) is 0 Å². The lowest BCUT2D eigenvalue weighted by molar-refractivity contribution is 0.0178. The van der Waals surface area contributed by atoms with Gasteiger partial charge in [0.15, 0.2) is 0 Å². The Morgan fingerprint density at radius 2 is 1.51 bits per heavy atom. The molecule has 262 valence electrons. The van der Waals surface area contributed by atoms with Crippen LogP contribution in [0.1, 0.15) is 69.6 Å². The highest BCUT2D eigenvalue weighted by Gasteiger charge is 2.43. The summed E-state index contributed by atoms with van der Waals surface area (Å²) in [5.41, 5.74) is 4.56. The second kappa shape index (κ2) is 14.5. The molecule has 1 amide bonds. The van der Waals surface area contributed by atoms with Gasteiger partial charge in [-0.3, -0.25) is 4.98 Å². The standard InChI is InChI=1S/C43H44FN3O4/c1-42(2,3)51-41(48)47-24-21-36(43(29-47)22-11-6-12-23-43)34-17-19-37-35(39(34)44)25-32(26-45-37)33-18-20-38(49-27-30-13-7-4-8-14-30)46-40(33)50-28-31-15-9-5-10-16-31/h4-5,7-10,13-21,25-26H,6,11-12,22-24,27-29H2,1-3H3. The number of ether oxygens (including phenoxy) is 3. The summed E-state index contributed by atoms with van der Waals surface area (Å²) >= 11 is 0. The van der Waals surface area contributed by atoms with E-state index in [2.05, 4.69) is 0 Å². The van der Waals surface area contributed by atoms with Gasteiger partial charge in [-0.05, 0) is 74.6 Å². The van der Waals surface area contributed by atoms with E-state index in [-0.39, 0.29) is 17.3 Å². The molecule has 1 fully saturated rings. The molecule has 0 unspecified atom stereocenters. The molecule has 0 atom stereocenters. The van der Waals surface area contributed by atoms with E-state index < -0.39 is 5.60 Å². The summed E-state index contributed by atoms with van der Waals surface area (Å²) in [5.74, 6) is 0.488. The van der Waals surface area contributed by atoms with Crippen molar-refractivity contribution in [2.75, 3.05) is 13.1 Å². The number of benzene rings is 3. The van der Waals surface area contributed by atoms with Crippen molar-refractivity contribution in [1.29, 1.82) is 0 Å². The molecule has 1 aliphatic carbocycles. The largest absolute Gasteiger partial charge is 0.473 e. The summed E-state index contributed by atoms with van der Waals surface area (Å²) in [7, 11) is 0. The zero-order valence-electron chi connectivity index (χ0n) is 29.5. The number of carbonyl (C=O) groups is 1. The Morgan fingerprint density at radius 1 is 0.843 bits per heavy atom. The Hall–Kier alpha value is -5.24. The van der Waals surface area contributed by atoms with E-state index >= 15 is 4.39 Å². The van der Waals surface area contributed by atoms with Crippen LogP contribution in [0.3, 0.4) is 0 Å². The monoisotopic (exact) mass is 685 g/mol. The first kappa shape index (κ1) is 34.2. The van der Waals surface area contributed by atoms with Gasteiger partial charge < -0.3 is 19.1 Å². The minimum absolute atomic E-state index is 0.305. The number of aromatic nitrogens is 2. The van der Waals surface area contributed by atoms with Gasteiger partial charge in [-0.2, -0.15) is 4.98 Å². The van der Waals surface area contributed by atoms with Gasteiger partial charge in [0.05, 0.1) is 5.52 Å². The van der Waals surface area contributed by atoms with Crippen molar-refractivity contribution in [3.63, 3.8) is 0 Å². The van der Waals surface area contributed by atoms with Gasteiger partial charge in [0.25, 0.3) is 0 Å². The third kappa shape index (κ3) is 7.75. The predicted octanol–water partition coefficient (Wildman–Crippen LogP) is 10.2. The van der Waals surface area contributed by atoms with Gasteiger partial charge in [0.1, 0.15) is 24.6 Å². The maximum Gasteiger partial charge on any atom is 0.410 e. The number of halogens is 1. The molecule has 5 aromatic rings. The third-order valence-corrected chi connectivity index (χ3v) is 9.73. The Bertz CT molecular complexity index is 2040. The molecule has 1 saturated carbocycles. The Kier molecular flexibility index (Phi) is 9.76. The van der Waals surface area contributed by atoms with Crippen molar-refractivity contribution in [3.05, 3.63) is 126 Å². The van der Waals surface area contributed by atoms with E-state index in [4.69, 9.17) is 24.2 Å². The highest BCUT2D eigenvalue weighted by atomic mass is 19.1. The van der Waals surface area contributed by atoms with Crippen molar-refractivity contribution in [3.8, 4) is 22.9 Å². The molecule has 0 saturated heterocycles. The average Bonchev–Trinajstić information content (AvgIpc) is 3.14. The maximum atomic E-state index is 16.9. The topological polar surface area (TPSA) is 73.8 Å². The second-order valence-electron chi connectivity index (χ2n) is 14.6. The first-order valence-electron chi connectivity index (χ1n) is 17.8. The van der Waals surface area contributed by atoms with Crippen LogP contribution >= 0.6 is 0 Å². The molecular weight excluding hydrogens is 641 g/mol. The number of hydrogen-bond acceptors (Lipinski definition) is 6. The minimum Gasteiger partial charge on any atom is -0.473 e. The average molecular weight is 686 g/mol. The van der Waals surface area contributed by atoms with Crippen LogP contribution < -0.4 is 9.47 Å². The number of amides is 1. The molecule has 7 nitrogen and oxygen atoms in total. The Balaban J connectivity index is 1.23. The highest BCUT2D eigenvalue weighted by molar-refractivity contribution is 5.89. The van der Waals surface area contributed by atoms with Crippen LogP contribution in [0.15, 0.2) is 103 Å². The molecule has 2 aliphatic rings. The molecule has 0 N–H and O–H groups in total. The van der Waals surface area contributed by atoms with Gasteiger partial charge in [0, 0.05) is 52.8 Å². The number of rotatable bonds is 8. The number of carbonyl (C=O) groups excluding carboxylic acids is 1. The molecule has 3 heterocycles. The highest BCUT2D eigenvalue weighted by Crippen LogP contribution is 2.50. The van der Waals surface area contributed by atoms with Crippen LogP contribution in [0.5, 0.6) is 11.8 Å². The summed E-state index contributed by atoms with van der Waals surface area (Å²) in [4.78, 5) is 24.4.